The predicted molar refractivity (Wildman–Crippen MR) is 94.1 cm³/mol. The molecule has 1 amide bonds. The van der Waals surface area contributed by atoms with E-state index in [1.54, 1.807) is 24.3 Å². The van der Waals surface area contributed by atoms with Crippen LogP contribution in [0.25, 0.3) is 0 Å². The molecule has 0 unspecified atom stereocenters. The number of sulfone groups is 1. The molecule has 2 aromatic rings. The topological polar surface area (TPSA) is 80.3 Å². The van der Waals surface area contributed by atoms with Crippen molar-refractivity contribution >= 4 is 32.9 Å². The van der Waals surface area contributed by atoms with Gasteiger partial charge in [-0.15, -0.1) is 11.3 Å². The van der Waals surface area contributed by atoms with E-state index >= 15 is 0 Å². The van der Waals surface area contributed by atoms with Crippen molar-refractivity contribution in [2.24, 2.45) is 0 Å². The maximum atomic E-state index is 12.1. The molecular formula is C17H19NO4S2. The van der Waals surface area contributed by atoms with Crippen molar-refractivity contribution in [3.8, 4) is 0 Å². The Morgan fingerprint density at radius 3 is 2.42 bits per heavy atom. The summed E-state index contributed by atoms with van der Waals surface area (Å²) in [6.07, 6.45) is 0.551. The van der Waals surface area contributed by atoms with Gasteiger partial charge in [0.1, 0.15) is 0 Å². The van der Waals surface area contributed by atoms with Crippen molar-refractivity contribution in [2.45, 2.75) is 24.7 Å². The first kappa shape index (κ1) is 18.4. The molecule has 1 heterocycles. The van der Waals surface area contributed by atoms with Crippen LogP contribution in [0.15, 0.2) is 47.4 Å². The summed E-state index contributed by atoms with van der Waals surface area (Å²) < 4.78 is 24.2. The third-order valence-electron chi connectivity index (χ3n) is 3.40. The lowest BCUT2D eigenvalue weighted by atomic mass is 10.3. The summed E-state index contributed by atoms with van der Waals surface area (Å²) in [5, 5.41) is 2.71. The highest BCUT2D eigenvalue weighted by molar-refractivity contribution is 7.91. The standard InChI is InChI=1S/C17H19NO4S2/c1-13(19)16-8-7-14(23-16)9-11-18-17(20)10-12-24(21,22)15-5-3-2-4-6-15/h2-8H,9-12H2,1H3,(H,18,20). The summed E-state index contributed by atoms with van der Waals surface area (Å²) in [6.45, 7) is 1.94. The highest BCUT2D eigenvalue weighted by Gasteiger charge is 2.15. The van der Waals surface area contributed by atoms with E-state index in [-0.39, 0.29) is 28.8 Å². The third kappa shape index (κ3) is 5.28. The smallest absolute Gasteiger partial charge is 0.221 e. The first-order chi connectivity index (χ1) is 11.4. The fraction of sp³-hybridized carbons (Fsp3) is 0.294. The van der Waals surface area contributed by atoms with Gasteiger partial charge in [-0.25, -0.2) is 8.42 Å². The summed E-state index contributed by atoms with van der Waals surface area (Å²) in [5.41, 5.74) is 0. The second-order valence-corrected chi connectivity index (χ2v) is 8.58. The Labute approximate surface area is 145 Å². The summed E-state index contributed by atoms with van der Waals surface area (Å²) >= 11 is 1.41. The number of hydrogen-bond donors (Lipinski definition) is 1. The van der Waals surface area contributed by atoms with E-state index in [9.17, 15) is 18.0 Å². The molecule has 1 aromatic carbocycles. The molecule has 0 fully saturated rings. The van der Waals surface area contributed by atoms with Crippen LogP contribution in [0.3, 0.4) is 0 Å². The predicted octanol–water partition coefficient (Wildman–Crippen LogP) is 2.47. The molecule has 1 aromatic heterocycles. The molecule has 0 spiro atoms. The Bertz CT molecular complexity index is 810. The van der Waals surface area contributed by atoms with Crippen LogP contribution in [0, 0.1) is 0 Å². The van der Waals surface area contributed by atoms with Crippen molar-refractivity contribution in [3.63, 3.8) is 0 Å². The van der Waals surface area contributed by atoms with Crippen molar-refractivity contribution in [3.05, 3.63) is 52.2 Å². The zero-order chi connectivity index (χ0) is 17.6. The highest BCUT2D eigenvalue weighted by atomic mass is 32.2. The van der Waals surface area contributed by atoms with E-state index in [1.807, 2.05) is 6.07 Å². The Hall–Kier alpha value is -1.99. The molecule has 0 saturated heterocycles. The molecule has 1 N–H and O–H groups in total. The molecule has 0 aliphatic rings. The number of amides is 1. The summed E-state index contributed by atoms with van der Waals surface area (Å²) in [6, 6.07) is 11.7. The lowest BCUT2D eigenvalue weighted by molar-refractivity contribution is -0.120. The number of thiophene rings is 1. The van der Waals surface area contributed by atoms with E-state index in [0.717, 1.165) is 4.88 Å². The normalized spacial score (nSPS) is 11.2. The first-order valence-corrected chi connectivity index (χ1v) is 9.99. The number of ketones is 1. The van der Waals surface area contributed by atoms with Gasteiger partial charge in [0.2, 0.25) is 5.91 Å². The number of hydrogen-bond acceptors (Lipinski definition) is 5. The van der Waals surface area contributed by atoms with Gasteiger partial charge in [-0.3, -0.25) is 9.59 Å². The first-order valence-electron chi connectivity index (χ1n) is 7.52. The Morgan fingerprint density at radius 1 is 1.08 bits per heavy atom. The van der Waals surface area contributed by atoms with Crippen LogP contribution >= 0.6 is 11.3 Å². The van der Waals surface area contributed by atoms with Gasteiger partial charge in [0.15, 0.2) is 15.6 Å². The highest BCUT2D eigenvalue weighted by Crippen LogP contribution is 2.17. The van der Waals surface area contributed by atoms with Crippen LogP contribution in [-0.4, -0.2) is 32.4 Å². The van der Waals surface area contributed by atoms with Crippen LogP contribution in [0.2, 0.25) is 0 Å². The third-order valence-corrected chi connectivity index (χ3v) is 6.38. The SMILES string of the molecule is CC(=O)c1ccc(CCNC(=O)CCS(=O)(=O)c2ccccc2)s1. The van der Waals surface area contributed by atoms with Crippen LogP contribution in [0.4, 0.5) is 0 Å². The van der Waals surface area contributed by atoms with E-state index in [2.05, 4.69) is 5.32 Å². The number of carbonyl (C=O) groups is 2. The molecule has 0 aliphatic carbocycles. The number of carbonyl (C=O) groups excluding carboxylic acids is 2. The van der Waals surface area contributed by atoms with Crippen molar-refractivity contribution in [1.29, 1.82) is 0 Å². The Balaban J connectivity index is 1.76. The van der Waals surface area contributed by atoms with Gasteiger partial charge in [-0.2, -0.15) is 0 Å². The lowest BCUT2D eigenvalue weighted by Crippen LogP contribution is -2.27. The molecule has 0 aliphatic heterocycles. The molecule has 128 valence electrons. The molecule has 0 radical (unpaired) electrons. The van der Waals surface area contributed by atoms with E-state index in [1.165, 1.54) is 30.4 Å². The zero-order valence-corrected chi connectivity index (χ0v) is 15.0. The Morgan fingerprint density at radius 2 is 1.79 bits per heavy atom. The Kier molecular flexibility index (Phi) is 6.28. The molecule has 5 nitrogen and oxygen atoms in total. The number of rotatable bonds is 8. The van der Waals surface area contributed by atoms with E-state index in [4.69, 9.17) is 0 Å². The minimum absolute atomic E-state index is 0.0291. The zero-order valence-electron chi connectivity index (χ0n) is 13.3. The fourth-order valence-corrected chi connectivity index (χ4v) is 4.25. The van der Waals surface area contributed by atoms with Gasteiger partial charge in [-0.05, 0) is 37.6 Å². The second kappa shape index (κ2) is 8.21. The number of nitrogens with one attached hydrogen (secondary N) is 1. The van der Waals surface area contributed by atoms with E-state index < -0.39 is 9.84 Å². The van der Waals surface area contributed by atoms with Gasteiger partial charge in [0.05, 0.1) is 15.5 Å². The molecule has 0 bridgehead atoms. The fourth-order valence-electron chi connectivity index (χ4n) is 2.09. The van der Waals surface area contributed by atoms with Crippen molar-refractivity contribution < 1.29 is 18.0 Å². The minimum atomic E-state index is -3.43. The quantitative estimate of drug-likeness (QED) is 0.729. The molecular weight excluding hydrogens is 346 g/mol. The van der Waals surface area contributed by atoms with Gasteiger partial charge in [0, 0.05) is 17.8 Å². The van der Waals surface area contributed by atoms with Crippen molar-refractivity contribution in [2.75, 3.05) is 12.3 Å². The monoisotopic (exact) mass is 365 g/mol. The molecule has 2 rings (SSSR count). The molecule has 0 saturated carbocycles. The van der Waals surface area contributed by atoms with Crippen LogP contribution in [-0.2, 0) is 21.1 Å². The van der Waals surface area contributed by atoms with Crippen molar-refractivity contribution in [1.82, 2.24) is 5.32 Å². The molecule has 24 heavy (non-hydrogen) atoms. The molecule has 7 heteroatoms. The van der Waals surface area contributed by atoms with E-state index in [0.29, 0.717) is 17.8 Å². The van der Waals surface area contributed by atoms with Gasteiger partial charge < -0.3 is 5.32 Å². The lowest BCUT2D eigenvalue weighted by Gasteiger charge is -2.06. The van der Waals surface area contributed by atoms with Gasteiger partial charge >= 0.3 is 0 Å². The van der Waals surface area contributed by atoms with Gasteiger partial charge in [-0.1, -0.05) is 18.2 Å². The average molecular weight is 365 g/mol. The van der Waals surface area contributed by atoms with Crippen LogP contribution in [0.5, 0.6) is 0 Å². The summed E-state index contributed by atoms with van der Waals surface area (Å²) in [4.78, 5) is 25.0. The minimum Gasteiger partial charge on any atom is -0.356 e. The largest absolute Gasteiger partial charge is 0.356 e. The van der Waals surface area contributed by atoms with Crippen LogP contribution in [0.1, 0.15) is 27.9 Å². The maximum absolute atomic E-state index is 12.1. The number of Topliss-reactive ketones (excluding diaryl/α,β-unsaturated/α-hetero) is 1. The van der Waals surface area contributed by atoms with Crippen LogP contribution < -0.4 is 5.32 Å². The number of benzene rings is 1. The second-order valence-electron chi connectivity index (χ2n) is 5.30. The molecule has 0 atom stereocenters. The summed E-state index contributed by atoms with van der Waals surface area (Å²) in [7, 11) is -3.43. The summed E-state index contributed by atoms with van der Waals surface area (Å²) in [5.74, 6) is -0.477. The average Bonchev–Trinajstić information content (AvgIpc) is 3.03. The van der Waals surface area contributed by atoms with Gasteiger partial charge in [0.25, 0.3) is 0 Å². The maximum Gasteiger partial charge on any atom is 0.221 e.